The quantitative estimate of drug-likeness (QED) is 0.0597. The molecule has 15 heteroatoms. The number of halogens is 2. The zero-order chi connectivity index (χ0) is 36.5. The fourth-order valence-electron chi connectivity index (χ4n) is 5.06. The van der Waals surface area contributed by atoms with Crippen LogP contribution in [-0.2, 0) is 19.1 Å². The molecule has 0 radical (unpaired) electrons. The van der Waals surface area contributed by atoms with Crippen LogP contribution in [0.15, 0.2) is 66.9 Å². The van der Waals surface area contributed by atoms with Gasteiger partial charge in [-0.3, -0.25) is 19.4 Å². The number of esters is 1. The van der Waals surface area contributed by atoms with E-state index in [-0.39, 0.29) is 50.0 Å². The lowest BCUT2D eigenvalue weighted by Crippen LogP contribution is -2.35. The van der Waals surface area contributed by atoms with Crippen molar-refractivity contribution in [2.24, 2.45) is 17.1 Å². The molecule has 1 aromatic heterocycles. The molecule has 5 rings (SSSR count). The lowest BCUT2D eigenvalue weighted by Gasteiger charge is -2.17. The third-order valence-corrected chi connectivity index (χ3v) is 8.32. The van der Waals surface area contributed by atoms with Gasteiger partial charge in [0.1, 0.15) is 23.0 Å². The number of aromatic nitrogens is 1. The molecule has 1 saturated carbocycles. The van der Waals surface area contributed by atoms with Gasteiger partial charge in [0.05, 0.1) is 39.1 Å². The molecule has 51 heavy (non-hydrogen) atoms. The summed E-state index contributed by atoms with van der Waals surface area (Å²) >= 11 is 0. The van der Waals surface area contributed by atoms with Crippen LogP contribution in [0.25, 0.3) is 10.9 Å². The van der Waals surface area contributed by atoms with Crippen molar-refractivity contribution in [1.82, 2.24) is 4.98 Å². The Hall–Kier alpha value is -5.38. The average molecular weight is 709 g/mol. The summed E-state index contributed by atoms with van der Waals surface area (Å²) < 4.78 is 50.8. The maximum Gasteiger partial charge on any atom is 0.322 e. The van der Waals surface area contributed by atoms with E-state index in [2.05, 4.69) is 15.6 Å². The second kappa shape index (κ2) is 16.6. The zero-order valence-corrected chi connectivity index (χ0v) is 27.7. The number of benzene rings is 3. The maximum atomic E-state index is 15.3. The zero-order valence-electron chi connectivity index (χ0n) is 27.7. The van der Waals surface area contributed by atoms with Gasteiger partial charge in [-0.15, -0.1) is 0 Å². The van der Waals surface area contributed by atoms with Gasteiger partial charge in [-0.2, -0.15) is 0 Å². The maximum absolute atomic E-state index is 15.3. The van der Waals surface area contributed by atoms with Crippen LogP contribution in [0, 0.1) is 23.0 Å². The van der Waals surface area contributed by atoms with Gasteiger partial charge in [0.25, 0.3) is 0 Å². The first kappa shape index (κ1) is 36.9. The molecular formula is C36H38F2N4O9. The minimum atomic E-state index is -1.31. The molecule has 0 bridgehead atoms. The lowest BCUT2D eigenvalue weighted by atomic mass is 10.0. The van der Waals surface area contributed by atoms with Crippen molar-refractivity contribution >= 4 is 40.1 Å². The largest absolute Gasteiger partial charge is 0.493 e. The fraction of sp³-hybridized carbons (Fsp3) is 0.333. The highest BCUT2D eigenvalue weighted by molar-refractivity contribution is 6.16. The van der Waals surface area contributed by atoms with Crippen LogP contribution in [0.4, 0.5) is 20.2 Å². The number of aliphatic hydroxyl groups excluding tert-OH is 2. The summed E-state index contributed by atoms with van der Waals surface area (Å²) in [6.07, 6.45) is 2.76. The van der Waals surface area contributed by atoms with E-state index in [0.29, 0.717) is 47.4 Å². The standard InChI is InChI=1S/C36H38F2N4O9/c1-48-31-16-25-28(17-32(31)49-14-2-3-27(39)33(45)50-20-21(18-43)19-44)40-13-10-29(25)51-30-9-8-24(15-26(30)38)42-35(47)36(11-12-36)34(46)41-23-6-4-22(37)5-7-23/h4-10,13,15-17,21,27,43-44H,2-3,11-12,14,18-20,39H2,1H3,(H,41,46)(H,42,47). The van der Waals surface area contributed by atoms with Crippen LogP contribution >= 0.6 is 0 Å². The number of hydrogen-bond donors (Lipinski definition) is 5. The number of nitrogens with two attached hydrogens (primary N) is 1. The molecule has 1 unspecified atom stereocenters. The Morgan fingerprint density at radius 2 is 1.59 bits per heavy atom. The second-order valence-electron chi connectivity index (χ2n) is 12.0. The first-order chi connectivity index (χ1) is 24.6. The van der Waals surface area contributed by atoms with Crippen molar-refractivity contribution in [3.63, 3.8) is 0 Å². The fourth-order valence-corrected chi connectivity index (χ4v) is 5.06. The van der Waals surface area contributed by atoms with Gasteiger partial charge in [0.15, 0.2) is 23.1 Å². The highest BCUT2D eigenvalue weighted by Crippen LogP contribution is 2.47. The van der Waals surface area contributed by atoms with Crippen LogP contribution < -0.4 is 30.6 Å². The van der Waals surface area contributed by atoms with Crippen molar-refractivity contribution in [3.05, 3.63) is 78.5 Å². The van der Waals surface area contributed by atoms with Crippen molar-refractivity contribution in [3.8, 4) is 23.0 Å². The minimum absolute atomic E-state index is 0.128. The number of carbonyl (C=O) groups is 3. The molecule has 6 N–H and O–H groups in total. The molecule has 270 valence electrons. The molecule has 0 aliphatic heterocycles. The Bertz CT molecular complexity index is 1870. The number of hydrogen-bond acceptors (Lipinski definition) is 11. The van der Waals surface area contributed by atoms with Crippen LogP contribution in [0.3, 0.4) is 0 Å². The van der Waals surface area contributed by atoms with E-state index < -0.39 is 46.8 Å². The molecule has 0 saturated heterocycles. The number of anilines is 2. The smallest absolute Gasteiger partial charge is 0.322 e. The van der Waals surface area contributed by atoms with Gasteiger partial charge >= 0.3 is 5.97 Å². The minimum Gasteiger partial charge on any atom is -0.493 e. The Kier molecular flexibility index (Phi) is 12.0. The first-order valence-electron chi connectivity index (χ1n) is 16.2. The summed E-state index contributed by atoms with van der Waals surface area (Å²) in [5.74, 6) is -2.71. The van der Waals surface area contributed by atoms with Crippen molar-refractivity contribution in [1.29, 1.82) is 0 Å². The molecule has 13 nitrogen and oxygen atoms in total. The first-order valence-corrected chi connectivity index (χ1v) is 16.2. The predicted molar refractivity (Wildman–Crippen MR) is 181 cm³/mol. The molecule has 1 aliphatic rings. The average Bonchev–Trinajstić information content (AvgIpc) is 3.95. The third-order valence-electron chi connectivity index (χ3n) is 8.32. The monoisotopic (exact) mass is 708 g/mol. The molecule has 1 aliphatic carbocycles. The highest BCUT2D eigenvalue weighted by Gasteiger charge is 2.56. The third kappa shape index (κ3) is 9.05. The Balaban J connectivity index is 1.19. The molecule has 1 fully saturated rings. The summed E-state index contributed by atoms with van der Waals surface area (Å²) in [7, 11) is 1.45. The molecule has 2 amide bonds. The van der Waals surface area contributed by atoms with Gasteiger partial charge in [0.2, 0.25) is 11.8 Å². The number of aliphatic hydroxyl groups is 2. The number of fused-ring (bicyclic) bond motifs is 1. The predicted octanol–water partition coefficient (Wildman–Crippen LogP) is 4.30. The van der Waals surface area contributed by atoms with Gasteiger partial charge in [-0.05, 0) is 74.2 Å². The van der Waals surface area contributed by atoms with E-state index in [0.717, 1.165) is 6.07 Å². The molecule has 0 spiro atoms. The van der Waals surface area contributed by atoms with Gasteiger partial charge in [0, 0.05) is 41.0 Å². The van der Waals surface area contributed by atoms with Gasteiger partial charge in [-0.1, -0.05) is 0 Å². The number of pyridine rings is 1. The Labute approximate surface area is 291 Å². The molecule has 4 aromatic rings. The van der Waals surface area contributed by atoms with E-state index in [4.69, 9.17) is 34.9 Å². The molecule has 1 heterocycles. The number of amides is 2. The topological polar surface area (TPSA) is 192 Å². The Morgan fingerprint density at radius 3 is 2.24 bits per heavy atom. The van der Waals surface area contributed by atoms with E-state index in [1.165, 1.54) is 49.7 Å². The lowest BCUT2D eigenvalue weighted by molar-refractivity contribution is -0.147. The van der Waals surface area contributed by atoms with Crippen LogP contribution in [-0.4, -0.2) is 72.6 Å². The summed E-state index contributed by atoms with van der Waals surface area (Å²) in [6.45, 7) is -0.589. The summed E-state index contributed by atoms with van der Waals surface area (Å²) in [5.41, 5.74) is 5.53. The second-order valence-corrected chi connectivity index (χ2v) is 12.0. The van der Waals surface area contributed by atoms with Gasteiger partial charge < -0.3 is 45.5 Å². The Morgan fingerprint density at radius 1 is 0.902 bits per heavy atom. The molecule has 3 aromatic carbocycles. The van der Waals surface area contributed by atoms with Gasteiger partial charge in [-0.25, -0.2) is 8.78 Å². The number of carbonyl (C=O) groups excluding carboxylic acids is 3. The number of nitrogens with zero attached hydrogens (tertiary/aromatic N) is 1. The normalized spacial score (nSPS) is 13.7. The summed E-state index contributed by atoms with van der Waals surface area (Å²) in [4.78, 5) is 42.4. The molecular weight excluding hydrogens is 670 g/mol. The van der Waals surface area contributed by atoms with E-state index in [1.54, 1.807) is 18.2 Å². The summed E-state index contributed by atoms with van der Waals surface area (Å²) in [5, 5.41) is 23.9. The number of rotatable bonds is 17. The van der Waals surface area contributed by atoms with Crippen LogP contribution in [0.1, 0.15) is 25.7 Å². The van der Waals surface area contributed by atoms with E-state index >= 15 is 4.39 Å². The SMILES string of the molecule is COc1cc2c(Oc3ccc(NC(=O)C4(C(=O)Nc5ccc(F)cc5)CC4)cc3F)ccnc2cc1OCCCC(N)C(=O)OCC(CO)CO. The number of nitrogens with one attached hydrogen (secondary N) is 2. The van der Waals surface area contributed by atoms with Crippen molar-refractivity contribution in [2.45, 2.75) is 31.7 Å². The molecule has 1 atom stereocenters. The number of ether oxygens (including phenoxy) is 4. The van der Waals surface area contributed by atoms with Crippen LogP contribution in [0.5, 0.6) is 23.0 Å². The number of methoxy groups -OCH3 is 1. The van der Waals surface area contributed by atoms with Crippen molar-refractivity contribution < 1.29 is 52.3 Å². The highest BCUT2D eigenvalue weighted by atomic mass is 19.1. The van der Waals surface area contributed by atoms with Crippen molar-refractivity contribution in [2.75, 3.05) is 44.2 Å². The van der Waals surface area contributed by atoms with E-state index in [9.17, 15) is 18.8 Å². The summed E-state index contributed by atoms with van der Waals surface area (Å²) in [6, 6.07) is 13.0. The van der Waals surface area contributed by atoms with E-state index in [1.807, 2.05) is 0 Å². The van der Waals surface area contributed by atoms with Crippen LogP contribution in [0.2, 0.25) is 0 Å².